The first-order chi connectivity index (χ1) is 6.06. The van der Waals surface area contributed by atoms with Crippen molar-refractivity contribution in [2.75, 3.05) is 0 Å². The lowest BCUT2D eigenvalue weighted by atomic mass is 10.0. The number of thiazole rings is 1. The number of hydrogen-bond donors (Lipinski definition) is 1. The Hall–Kier alpha value is -0.410. The van der Waals surface area contributed by atoms with Crippen LogP contribution in [0.5, 0.6) is 0 Å². The summed E-state index contributed by atoms with van der Waals surface area (Å²) >= 11 is 1.70. The van der Waals surface area contributed by atoms with E-state index in [9.17, 15) is 5.11 Å². The summed E-state index contributed by atoms with van der Waals surface area (Å²) in [6, 6.07) is 0. The molecule has 0 radical (unpaired) electrons. The van der Waals surface area contributed by atoms with Gasteiger partial charge in [-0.2, -0.15) is 0 Å². The lowest BCUT2D eigenvalue weighted by molar-refractivity contribution is 0.145. The van der Waals surface area contributed by atoms with Crippen LogP contribution in [0.1, 0.15) is 41.8 Å². The Kier molecular flexibility index (Phi) is 3.45. The van der Waals surface area contributed by atoms with Crippen LogP contribution in [-0.4, -0.2) is 16.2 Å². The first kappa shape index (κ1) is 10.7. The van der Waals surface area contributed by atoms with Gasteiger partial charge in [-0.25, -0.2) is 4.98 Å². The van der Waals surface area contributed by atoms with Gasteiger partial charge in [0.25, 0.3) is 0 Å². The van der Waals surface area contributed by atoms with Crippen molar-refractivity contribution in [3.8, 4) is 0 Å². The van der Waals surface area contributed by atoms with Gasteiger partial charge in [0, 0.05) is 10.8 Å². The average Bonchev–Trinajstić information content (AvgIpc) is 2.44. The van der Waals surface area contributed by atoms with Crippen LogP contribution in [0.15, 0.2) is 0 Å². The van der Waals surface area contributed by atoms with E-state index < -0.39 is 0 Å². The van der Waals surface area contributed by atoms with Gasteiger partial charge in [0.2, 0.25) is 0 Å². The van der Waals surface area contributed by atoms with Gasteiger partial charge in [0.15, 0.2) is 0 Å². The third-order valence-corrected chi connectivity index (χ3v) is 3.70. The van der Waals surface area contributed by atoms with Crippen LogP contribution in [-0.2, 0) is 0 Å². The van der Waals surface area contributed by atoms with E-state index >= 15 is 0 Å². The predicted molar refractivity (Wildman–Crippen MR) is 56.3 cm³/mol. The molecule has 2 nitrogen and oxygen atoms in total. The van der Waals surface area contributed by atoms with Gasteiger partial charge in [-0.1, -0.05) is 13.8 Å². The number of aliphatic hydroxyl groups excluding tert-OH is 1. The lowest BCUT2D eigenvalue weighted by Crippen LogP contribution is -2.14. The molecule has 1 rings (SSSR count). The molecule has 0 spiro atoms. The Morgan fingerprint density at radius 3 is 2.46 bits per heavy atom. The molecule has 0 aliphatic rings. The Morgan fingerprint density at radius 2 is 2.08 bits per heavy atom. The molecule has 0 aromatic carbocycles. The minimum absolute atomic E-state index is 0.169. The van der Waals surface area contributed by atoms with Gasteiger partial charge in [-0.3, -0.25) is 0 Å². The van der Waals surface area contributed by atoms with Gasteiger partial charge in [0.1, 0.15) is 0 Å². The molecular weight excluding hydrogens is 182 g/mol. The molecule has 0 saturated heterocycles. The van der Waals surface area contributed by atoms with Crippen molar-refractivity contribution in [1.82, 2.24) is 4.98 Å². The number of rotatable bonds is 3. The molecule has 13 heavy (non-hydrogen) atoms. The third kappa shape index (κ3) is 2.29. The fourth-order valence-electron chi connectivity index (χ4n) is 1.21. The molecule has 74 valence electrons. The summed E-state index contributed by atoms with van der Waals surface area (Å²) < 4.78 is 0. The van der Waals surface area contributed by atoms with E-state index in [0.717, 1.165) is 17.1 Å². The van der Waals surface area contributed by atoms with E-state index in [1.165, 1.54) is 4.88 Å². The minimum atomic E-state index is -0.259. The molecular formula is C10H17NOS. The van der Waals surface area contributed by atoms with Crippen molar-refractivity contribution < 1.29 is 5.11 Å². The summed E-state index contributed by atoms with van der Waals surface area (Å²) in [6.45, 7) is 8.11. The molecule has 1 N–H and O–H groups in total. The van der Waals surface area contributed by atoms with Crippen LogP contribution in [0.4, 0.5) is 0 Å². The zero-order valence-corrected chi connectivity index (χ0v) is 9.48. The summed E-state index contributed by atoms with van der Waals surface area (Å²) in [5.74, 6) is 0.169. The number of hydrogen-bond acceptors (Lipinski definition) is 3. The molecule has 0 bridgehead atoms. The second-order valence-corrected chi connectivity index (χ2v) is 4.69. The smallest absolute Gasteiger partial charge is 0.0984 e. The molecule has 1 heterocycles. The molecule has 2 unspecified atom stereocenters. The third-order valence-electron chi connectivity index (χ3n) is 2.43. The number of aryl methyl sites for hydroxylation is 2. The Labute approximate surface area is 83.6 Å². The van der Waals surface area contributed by atoms with Crippen LogP contribution >= 0.6 is 11.3 Å². The van der Waals surface area contributed by atoms with E-state index in [-0.39, 0.29) is 12.0 Å². The molecule has 2 atom stereocenters. The highest BCUT2D eigenvalue weighted by Crippen LogP contribution is 2.27. The van der Waals surface area contributed by atoms with Crippen LogP contribution in [0.2, 0.25) is 0 Å². The zero-order chi connectivity index (χ0) is 10.0. The van der Waals surface area contributed by atoms with Crippen LogP contribution in [0, 0.1) is 13.8 Å². The maximum Gasteiger partial charge on any atom is 0.0984 e. The summed E-state index contributed by atoms with van der Waals surface area (Å²) in [4.78, 5) is 5.69. The SMILES string of the molecule is CCC(O)C(C)c1nc(C)c(C)s1. The predicted octanol–water partition coefficient (Wildman–Crippen LogP) is 2.63. The Morgan fingerprint density at radius 1 is 1.46 bits per heavy atom. The van der Waals surface area contributed by atoms with Crippen molar-refractivity contribution in [2.45, 2.75) is 46.1 Å². The van der Waals surface area contributed by atoms with Crippen molar-refractivity contribution in [3.63, 3.8) is 0 Å². The van der Waals surface area contributed by atoms with E-state index in [0.29, 0.717) is 0 Å². The average molecular weight is 199 g/mol. The largest absolute Gasteiger partial charge is 0.392 e. The summed E-state index contributed by atoms with van der Waals surface area (Å²) in [6.07, 6.45) is 0.531. The maximum absolute atomic E-state index is 9.65. The molecule has 0 amide bonds. The normalized spacial score (nSPS) is 15.8. The van der Waals surface area contributed by atoms with Gasteiger partial charge in [-0.15, -0.1) is 11.3 Å². The van der Waals surface area contributed by atoms with Gasteiger partial charge >= 0.3 is 0 Å². The van der Waals surface area contributed by atoms with Gasteiger partial charge in [-0.05, 0) is 20.3 Å². The lowest BCUT2D eigenvalue weighted by Gasteiger charge is -2.13. The highest BCUT2D eigenvalue weighted by atomic mass is 32.1. The number of aromatic nitrogens is 1. The number of aliphatic hydroxyl groups is 1. The maximum atomic E-state index is 9.65. The Bertz CT molecular complexity index is 263. The highest BCUT2D eigenvalue weighted by molar-refractivity contribution is 7.11. The second-order valence-electron chi connectivity index (χ2n) is 3.46. The zero-order valence-electron chi connectivity index (χ0n) is 8.66. The standard InChI is InChI=1S/C10H17NOS/c1-5-9(12)6(2)10-11-7(3)8(4)13-10/h6,9,12H,5H2,1-4H3. The molecule has 1 aromatic rings. The molecule has 0 aliphatic heterocycles. The first-order valence-electron chi connectivity index (χ1n) is 4.68. The van der Waals surface area contributed by atoms with E-state index in [1.54, 1.807) is 11.3 Å². The first-order valence-corrected chi connectivity index (χ1v) is 5.49. The van der Waals surface area contributed by atoms with Crippen molar-refractivity contribution in [1.29, 1.82) is 0 Å². The molecule has 0 fully saturated rings. The molecule has 3 heteroatoms. The van der Waals surface area contributed by atoms with E-state index in [2.05, 4.69) is 11.9 Å². The summed E-state index contributed by atoms with van der Waals surface area (Å²) in [5, 5.41) is 10.7. The van der Waals surface area contributed by atoms with Gasteiger partial charge < -0.3 is 5.11 Å². The molecule has 0 saturated carbocycles. The highest BCUT2D eigenvalue weighted by Gasteiger charge is 2.18. The molecule has 1 aromatic heterocycles. The molecule has 0 aliphatic carbocycles. The van der Waals surface area contributed by atoms with E-state index in [4.69, 9.17) is 0 Å². The topological polar surface area (TPSA) is 33.1 Å². The van der Waals surface area contributed by atoms with Crippen molar-refractivity contribution >= 4 is 11.3 Å². The second kappa shape index (κ2) is 4.20. The fourth-order valence-corrected chi connectivity index (χ4v) is 2.24. The summed E-state index contributed by atoms with van der Waals surface area (Å²) in [5.41, 5.74) is 1.09. The minimum Gasteiger partial charge on any atom is -0.392 e. The summed E-state index contributed by atoms with van der Waals surface area (Å²) in [7, 11) is 0. The van der Waals surface area contributed by atoms with Crippen LogP contribution in [0.25, 0.3) is 0 Å². The monoisotopic (exact) mass is 199 g/mol. The van der Waals surface area contributed by atoms with Gasteiger partial charge in [0.05, 0.1) is 16.8 Å². The van der Waals surface area contributed by atoms with Crippen molar-refractivity contribution in [3.05, 3.63) is 15.6 Å². The van der Waals surface area contributed by atoms with E-state index in [1.807, 2.05) is 20.8 Å². The number of nitrogens with zero attached hydrogens (tertiary/aromatic N) is 1. The fraction of sp³-hybridized carbons (Fsp3) is 0.700. The Balaban J connectivity index is 2.82. The van der Waals surface area contributed by atoms with Crippen molar-refractivity contribution in [2.24, 2.45) is 0 Å². The quantitative estimate of drug-likeness (QED) is 0.811. The van der Waals surface area contributed by atoms with Crippen LogP contribution < -0.4 is 0 Å². The van der Waals surface area contributed by atoms with Crippen LogP contribution in [0.3, 0.4) is 0 Å².